The van der Waals surface area contributed by atoms with Gasteiger partial charge in [-0.2, -0.15) is 0 Å². The standard InChI is InChI=1S/C17H17N3O/c18-14-6-2-4-8-16(14)21-12-11-19-17-10-9-13-5-1-3-7-15(13)20-17/h1-10H,11-12,18H2,(H,19,20). The van der Waals surface area contributed by atoms with E-state index < -0.39 is 0 Å². The van der Waals surface area contributed by atoms with Crippen LogP contribution < -0.4 is 15.8 Å². The maximum atomic E-state index is 5.82. The zero-order valence-corrected chi connectivity index (χ0v) is 11.6. The number of nitrogens with two attached hydrogens (primary N) is 1. The fourth-order valence-electron chi connectivity index (χ4n) is 2.12. The number of fused-ring (bicyclic) bond motifs is 1. The molecule has 3 aromatic rings. The minimum absolute atomic E-state index is 0.530. The molecule has 0 spiro atoms. The van der Waals surface area contributed by atoms with Gasteiger partial charge in [0.2, 0.25) is 0 Å². The first kappa shape index (κ1) is 13.2. The van der Waals surface area contributed by atoms with Gasteiger partial charge in [-0.15, -0.1) is 0 Å². The zero-order chi connectivity index (χ0) is 14.5. The first-order valence-corrected chi connectivity index (χ1v) is 6.90. The average Bonchev–Trinajstić information content (AvgIpc) is 2.53. The van der Waals surface area contributed by atoms with Crippen LogP contribution in [0.3, 0.4) is 0 Å². The van der Waals surface area contributed by atoms with Crippen LogP contribution in [0.1, 0.15) is 0 Å². The Morgan fingerprint density at radius 1 is 0.952 bits per heavy atom. The number of nitrogen functional groups attached to an aromatic ring is 1. The summed E-state index contributed by atoms with van der Waals surface area (Å²) in [5.41, 5.74) is 7.45. The number of hydrogen-bond acceptors (Lipinski definition) is 4. The molecule has 4 nitrogen and oxygen atoms in total. The van der Waals surface area contributed by atoms with Gasteiger partial charge in [0.25, 0.3) is 0 Å². The van der Waals surface area contributed by atoms with Crippen molar-refractivity contribution in [1.29, 1.82) is 0 Å². The van der Waals surface area contributed by atoms with Crippen LogP contribution in [0.25, 0.3) is 10.9 Å². The number of rotatable bonds is 5. The van der Waals surface area contributed by atoms with Crippen LogP contribution >= 0.6 is 0 Å². The first-order chi connectivity index (χ1) is 10.3. The lowest BCUT2D eigenvalue weighted by Gasteiger charge is -2.10. The number of hydrogen-bond donors (Lipinski definition) is 2. The highest BCUT2D eigenvalue weighted by molar-refractivity contribution is 5.80. The van der Waals surface area contributed by atoms with Crippen LogP contribution in [-0.4, -0.2) is 18.1 Å². The fourth-order valence-corrected chi connectivity index (χ4v) is 2.12. The van der Waals surface area contributed by atoms with Crippen LogP contribution in [-0.2, 0) is 0 Å². The highest BCUT2D eigenvalue weighted by Crippen LogP contribution is 2.19. The summed E-state index contributed by atoms with van der Waals surface area (Å²) in [5, 5.41) is 4.39. The minimum atomic E-state index is 0.530. The predicted octanol–water partition coefficient (Wildman–Crippen LogP) is 3.31. The molecule has 4 heteroatoms. The second-order valence-electron chi connectivity index (χ2n) is 4.70. The number of ether oxygens (including phenoxy) is 1. The van der Waals surface area contributed by atoms with Gasteiger partial charge < -0.3 is 15.8 Å². The number of aromatic nitrogens is 1. The molecule has 106 valence electrons. The Morgan fingerprint density at radius 3 is 2.67 bits per heavy atom. The van der Waals surface area contributed by atoms with Crippen molar-refractivity contribution in [2.45, 2.75) is 0 Å². The quantitative estimate of drug-likeness (QED) is 0.555. The van der Waals surface area contributed by atoms with Gasteiger partial charge >= 0.3 is 0 Å². The average molecular weight is 279 g/mol. The number of pyridine rings is 1. The van der Waals surface area contributed by atoms with Crippen LogP contribution in [0.2, 0.25) is 0 Å². The maximum absolute atomic E-state index is 5.82. The summed E-state index contributed by atoms with van der Waals surface area (Å²) in [6.45, 7) is 1.20. The Hall–Kier alpha value is -2.75. The molecule has 0 aliphatic carbocycles. The second kappa shape index (κ2) is 6.13. The molecule has 0 saturated heterocycles. The Kier molecular flexibility index (Phi) is 3.87. The molecule has 0 aliphatic rings. The molecule has 3 rings (SSSR count). The summed E-state index contributed by atoms with van der Waals surface area (Å²) in [6, 6.07) is 19.6. The van der Waals surface area contributed by atoms with Gasteiger partial charge in [0.1, 0.15) is 18.2 Å². The molecule has 3 N–H and O–H groups in total. The SMILES string of the molecule is Nc1ccccc1OCCNc1ccc2ccccc2n1. The lowest BCUT2D eigenvalue weighted by molar-refractivity contribution is 0.334. The summed E-state index contributed by atoms with van der Waals surface area (Å²) in [7, 11) is 0. The minimum Gasteiger partial charge on any atom is -0.490 e. The monoisotopic (exact) mass is 279 g/mol. The lowest BCUT2D eigenvalue weighted by atomic mass is 10.2. The van der Waals surface area contributed by atoms with Crippen molar-refractivity contribution in [3.05, 3.63) is 60.7 Å². The van der Waals surface area contributed by atoms with E-state index in [1.807, 2.05) is 54.6 Å². The van der Waals surface area contributed by atoms with Crippen molar-refractivity contribution in [2.24, 2.45) is 0 Å². The van der Waals surface area contributed by atoms with Crippen molar-refractivity contribution in [2.75, 3.05) is 24.2 Å². The summed E-state index contributed by atoms with van der Waals surface area (Å²) >= 11 is 0. The number of para-hydroxylation sites is 3. The van der Waals surface area contributed by atoms with E-state index in [4.69, 9.17) is 10.5 Å². The van der Waals surface area contributed by atoms with E-state index in [0.29, 0.717) is 24.6 Å². The third-order valence-corrected chi connectivity index (χ3v) is 3.18. The Labute approximate surface area is 123 Å². The molecule has 0 atom stereocenters. The largest absolute Gasteiger partial charge is 0.490 e. The third kappa shape index (κ3) is 3.23. The second-order valence-corrected chi connectivity index (χ2v) is 4.70. The summed E-state index contributed by atoms with van der Waals surface area (Å²) in [6.07, 6.45) is 0. The van der Waals surface area contributed by atoms with E-state index in [1.165, 1.54) is 0 Å². The van der Waals surface area contributed by atoms with Crippen LogP contribution in [0.4, 0.5) is 11.5 Å². The summed E-state index contributed by atoms with van der Waals surface area (Å²) in [4.78, 5) is 4.55. The highest BCUT2D eigenvalue weighted by Gasteiger charge is 1.99. The third-order valence-electron chi connectivity index (χ3n) is 3.18. The van der Waals surface area contributed by atoms with E-state index in [0.717, 1.165) is 16.7 Å². The van der Waals surface area contributed by atoms with Gasteiger partial charge in [0, 0.05) is 5.39 Å². The summed E-state index contributed by atoms with van der Waals surface area (Å²) in [5.74, 6) is 1.56. The normalized spacial score (nSPS) is 10.5. The first-order valence-electron chi connectivity index (χ1n) is 6.90. The Morgan fingerprint density at radius 2 is 1.76 bits per heavy atom. The number of anilines is 2. The van der Waals surface area contributed by atoms with Crippen LogP contribution in [0.5, 0.6) is 5.75 Å². The molecule has 21 heavy (non-hydrogen) atoms. The van der Waals surface area contributed by atoms with Gasteiger partial charge in [0.05, 0.1) is 17.7 Å². The van der Waals surface area contributed by atoms with E-state index >= 15 is 0 Å². The van der Waals surface area contributed by atoms with E-state index in [-0.39, 0.29) is 0 Å². The number of nitrogens with zero attached hydrogens (tertiary/aromatic N) is 1. The molecule has 2 aromatic carbocycles. The van der Waals surface area contributed by atoms with Gasteiger partial charge in [-0.3, -0.25) is 0 Å². The van der Waals surface area contributed by atoms with Crippen molar-refractivity contribution >= 4 is 22.4 Å². The van der Waals surface area contributed by atoms with Crippen LogP contribution in [0.15, 0.2) is 60.7 Å². The molecule has 0 unspecified atom stereocenters. The molecule has 1 heterocycles. The van der Waals surface area contributed by atoms with Gasteiger partial charge in [-0.25, -0.2) is 4.98 Å². The number of benzene rings is 2. The number of nitrogens with one attached hydrogen (secondary N) is 1. The van der Waals surface area contributed by atoms with E-state index in [9.17, 15) is 0 Å². The van der Waals surface area contributed by atoms with E-state index in [2.05, 4.69) is 16.4 Å². The van der Waals surface area contributed by atoms with Crippen molar-refractivity contribution in [3.8, 4) is 5.75 Å². The van der Waals surface area contributed by atoms with Gasteiger partial charge in [0.15, 0.2) is 0 Å². The smallest absolute Gasteiger partial charge is 0.142 e. The molecular weight excluding hydrogens is 262 g/mol. The molecule has 1 aromatic heterocycles. The highest BCUT2D eigenvalue weighted by atomic mass is 16.5. The van der Waals surface area contributed by atoms with Crippen molar-refractivity contribution in [1.82, 2.24) is 4.98 Å². The van der Waals surface area contributed by atoms with Gasteiger partial charge in [-0.1, -0.05) is 30.3 Å². The van der Waals surface area contributed by atoms with Crippen LogP contribution in [0, 0.1) is 0 Å². The maximum Gasteiger partial charge on any atom is 0.142 e. The Bertz CT molecular complexity index is 743. The lowest BCUT2D eigenvalue weighted by Crippen LogP contribution is -2.12. The molecule has 0 radical (unpaired) electrons. The van der Waals surface area contributed by atoms with Crippen molar-refractivity contribution < 1.29 is 4.74 Å². The predicted molar refractivity (Wildman–Crippen MR) is 86.6 cm³/mol. The molecule has 0 aliphatic heterocycles. The molecule has 0 fully saturated rings. The zero-order valence-electron chi connectivity index (χ0n) is 11.6. The Balaban J connectivity index is 1.56. The van der Waals surface area contributed by atoms with Gasteiger partial charge in [-0.05, 0) is 30.3 Å². The summed E-state index contributed by atoms with van der Waals surface area (Å²) < 4.78 is 5.63. The molecular formula is C17H17N3O. The van der Waals surface area contributed by atoms with Crippen molar-refractivity contribution in [3.63, 3.8) is 0 Å². The molecule has 0 bridgehead atoms. The molecule has 0 saturated carbocycles. The topological polar surface area (TPSA) is 60.2 Å². The van der Waals surface area contributed by atoms with E-state index in [1.54, 1.807) is 0 Å². The molecule has 0 amide bonds. The fraction of sp³-hybridized carbons (Fsp3) is 0.118.